The van der Waals surface area contributed by atoms with Crippen molar-refractivity contribution in [2.75, 3.05) is 10.6 Å². The highest BCUT2D eigenvalue weighted by molar-refractivity contribution is 6.05. The maximum Gasteiger partial charge on any atom is 0.319 e. The number of rotatable bonds is 6. The first-order valence-corrected chi connectivity index (χ1v) is 9.06. The number of benzene rings is 2. The normalized spacial score (nSPS) is 13.0. The van der Waals surface area contributed by atoms with Crippen molar-refractivity contribution in [2.45, 2.75) is 25.4 Å². The molecule has 0 radical (unpaired) electrons. The van der Waals surface area contributed by atoms with Crippen molar-refractivity contribution in [1.82, 2.24) is 20.1 Å². The number of carbonyl (C=O) groups excluding carboxylic acids is 2. The molecule has 0 spiro atoms. The summed E-state index contributed by atoms with van der Waals surface area (Å²) in [6.45, 7) is 0.499. The molecule has 0 saturated heterocycles. The van der Waals surface area contributed by atoms with E-state index in [1.165, 1.54) is 6.33 Å². The molecule has 1 saturated carbocycles. The Hall–Kier alpha value is -3.68. The maximum absolute atomic E-state index is 12.7. The standard InChI is InChI=1S/C20H20N6O2/c27-19(14-5-3-6-17(10-14)24-20(28)23-16-8-9-16)25-18-7-2-1-4-15(18)11-26-13-21-12-22-26/h1-7,10,12-13,16H,8-9,11H2,(H,25,27)(H2,23,24,28). The highest BCUT2D eigenvalue weighted by Gasteiger charge is 2.23. The Kier molecular flexibility index (Phi) is 5.01. The van der Waals surface area contributed by atoms with E-state index in [4.69, 9.17) is 0 Å². The smallest absolute Gasteiger partial charge is 0.319 e. The van der Waals surface area contributed by atoms with E-state index in [9.17, 15) is 9.59 Å². The van der Waals surface area contributed by atoms with E-state index in [1.54, 1.807) is 35.3 Å². The van der Waals surface area contributed by atoms with Gasteiger partial charge in [0.25, 0.3) is 5.91 Å². The molecule has 8 nitrogen and oxygen atoms in total. The second kappa shape index (κ2) is 7.91. The summed E-state index contributed by atoms with van der Waals surface area (Å²) in [4.78, 5) is 28.6. The van der Waals surface area contributed by atoms with Crippen LogP contribution >= 0.6 is 0 Å². The van der Waals surface area contributed by atoms with E-state index in [0.29, 0.717) is 23.5 Å². The first-order valence-electron chi connectivity index (χ1n) is 9.06. The zero-order chi connectivity index (χ0) is 19.3. The van der Waals surface area contributed by atoms with Crippen molar-refractivity contribution in [2.24, 2.45) is 0 Å². The number of carbonyl (C=O) groups is 2. The number of anilines is 2. The van der Waals surface area contributed by atoms with Crippen LogP contribution in [0.1, 0.15) is 28.8 Å². The fourth-order valence-electron chi connectivity index (χ4n) is 2.78. The van der Waals surface area contributed by atoms with Gasteiger partial charge in [0.15, 0.2) is 0 Å². The molecule has 0 bridgehead atoms. The summed E-state index contributed by atoms with van der Waals surface area (Å²) < 4.78 is 1.69. The number of hydrogen-bond donors (Lipinski definition) is 3. The fourth-order valence-corrected chi connectivity index (χ4v) is 2.78. The van der Waals surface area contributed by atoms with Gasteiger partial charge >= 0.3 is 6.03 Å². The number of para-hydroxylation sites is 1. The van der Waals surface area contributed by atoms with Crippen molar-refractivity contribution in [1.29, 1.82) is 0 Å². The van der Waals surface area contributed by atoms with Crippen molar-refractivity contribution >= 4 is 23.3 Å². The molecule has 4 rings (SSSR count). The van der Waals surface area contributed by atoms with E-state index in [2.05, 4.69) is 26.0 Å². The van der Waals surface area contributed by atoms with E-state index < -0.39 is 0 Å². The van der Waals surface area contributed by atoms with Crippen LogP contribution in [0.2, 0.25) is 0 Å². The first-order chi connectivity index (χ1) is 13.7. The molecule has 0 aliphatic heterocycles. The van der Waals surface area contributed by atoms with E-state index in [1.807, 2.05) is 24.3 Å². The minimum Gasteiger partial charge on any atom is -0.335 e. The first kappa shape index (κ1) is 17.7. The van der Waals surface area contributed by atoms with Crippen LogP contribution in [0.15, 0.2) is 61.2 Å². The summed E-state index contributed by atoms with van der Waals surface area (Å²) in [5.74, 6) is -0.253. The highest BCUT2D eigenvalue weighted by Crippen LogP contribution is 2.20. The number of nitrogens with one attached hydrogen (secondary N) is 3. The lowest BCUT2D eigenvalue weighted by molar-refractivity contribution is 0.102. The highest BCUT2D eigenvalue weighted by atomic mass is 16.2. The summed E-state index contributed by atoms with van der Waals surface area (Å²) in [7, 11) is 0. The maximum atomic E-state index is 12.7. The van der Waals surface area contributed by atoms with Gasteiger partial charge < -0.3 is 16.0 Å². The Labute approximate surface area is 162 Å². The third-order valence-corrected chi connectivity index (χ3v) is 4.36. The molecule has 142 valence electrons. The quantitative estimate of drug-likeness (QED) is 0.616. The van der Waals surface area contributed by atoms with Gasteiger partial charge in [-0.2, -0.15) is 5.10 Å². The molecule has 2 aromatic carbocycles. The van der Waals surface area contributed by atoms with Crippen LogP contribution in [0.4, 0.5) is 16.2 Å². The molecule has 0 atom stereocenters. The Morgan fingerprint density at radius 3 is 2.71 bits per heavy atom. The lowest BCUT2D eigenvalue weighted by atomic mass is 10.1. The lowest BCUT2D eigenvalue weighted by Gasteiger charge is -2.12. The Bertz CT molecular complexity index is 982. The summed E-state index contributed by atoms with van der Waals surface area (Å²) in [6.07, 6.45) is 5.13. The molecule has 3 amide bonds. The van der Waals surface area contributed by atoms with Crippen LogP contribution in [-0.4, -0.2) is 32.7 Å². The monoisotopic (exact) mass is 376 g/mol. The third-order valence-electron chi connectivity index (χ3n) is 4.36. The molecule has 1 aliphatic rings. The predicted octanol–water partition coefficient (Wildman–Crippen LogP) is 2.86. The Morgan fingerprint density at radius 2 is 1.93 bits per heavy atom. The lowest BCUT2D eigenvalue weighted by Crippen LogP contribution is -2.30. The molecule has 3 aromatic rings. The van der Waals surface area contributed by atoms with Crippen LogP contribution in [0, 0.1) is 0 Å². The average molecular weight is 376 g/mol. The van der Waals surface area contributed by atoms with E-state index >= 15 is 0 Å². The average Bonchev–Trinajstić information content (AvgIpc) is 3.35. The largest absolute Gasteiger partial charge is 0.335 e. The number of aromatic nitrogens is 3. The molecule has 1 aromatic heterocycles. The SMILES string of the molecule is O=C(Nc1cccc(C(=O)Nc2ccccc2Cn2cncn2)c1)NC1CC1. The van der Waals surface area contributed by atoms with Gasteiger partial charge in [0.05, 0.1) is 6.54 Å². The molecule has 3 N–H and O–H groups in total. The van der Waals surface area contributed by atoms with Crippen LogP contribution < -0.4 is 16.0 Å². The molecule has 1 fully saturated rings. The van der Waals surface area contributed by atoms with Gasteiger partial charge in [-0.25, -0.2) is 14.5 Å². The van der Waals surface area contributed by atoms with Crippen LogP contribution in [0.3, 0.4) is 0 Å². The Balaban J connectivity index is 1.45. The van der Waals surface area contributed by atoms with Gasteiger partial charge in [-0.3, -0.25) is 4.79 Å². The Morgan fingerprint density at radius 1 is 1.07 bits per heavy atom. The minimum atomic E-state index is -0.253. The van der Waals surface area contributed by atoms with Gasteiger partial charge in [-0.05, 0) is 42.7 Å². The fraction of sp³-hybridized carbons (Fsp3) is 0.200. The van der Waals surface area contributed by atoms with Gasteiger partial charge in [-0.1, -0.05) is 24.3 Å². The number of urea groups is 1. The second-order valence-electron chi connectivity index (χ2n) is 6.66. The zero-order valence-corrected chi connectivity index (χ0v) is 15.1. The van der Waals surface area contributed by atoms with E-state index in [-0.39, 0.29) is 18.0 Å². The van der Waals surface area contributed by atoms with Crippen molar-refractivity contribution in [3.63, 3.8) is 0 Å². The summed E-state index contributed by atoms with van der Waals surface area (Å²) in [6, 6.07) is 14.4. The topological polar surface area (TPSA) is 101 Å². The molecular formula is C20H20N6O2. The van der Waals surface area contributed by atoms with Gasteiger partial charge in [0.1, 0.15) is 12.7 Å². The molecule has 1 heterocycles. The summed E-state index contributed by atoms with van der Waals surface area (Å²) in [5.41, 5.74) is 2.65. The van der Waals surface area contributed by atoms with Crippen molar-refractivity contribution in [3.05, 3.63) is 72.3 Å². The number of hydrogen-bond acceptors (Lipinski definition) is 4. The zero-order valence-electron chi connectivity index (χ0n) is 15.1. The summed E-state index contributed by atoms with van der Waals surface area (Å²) in [5, 5.41) is 12.7. The molecular weight excluding hydrogens is 356 g/mol. The van der Waals surface area contributed by atoms with Gasteiger partial charge in [0, 0.05) is 23.0 Å². The molecule has 1 aliphatic carbocycles. The third kappa shape index (κ3) is 4.53. The van der Waals surface area contributed by atoms with E-state index in [0.717, 1.165) is 18.4 Å². The van der Waals surface area contributed by atoms with Crippen molar-refractivity contribution < 1.29 is 9.59 Å². The number of amides is 3. The molecule has 8 heteroatoms. The van der Waals surface area contributed by atoms with Gasteiger partial charge in [-0.15, -0.1) is 0 Å². The molecule has 0 unspecified atom stereocenters. The van der Waals surface area contributed by atoms with Gasteiger partial charge in [0.2, 0.25) is 0 Å². The van der Waals surface area contributed by atoms with Crippen LogP contribution in [0.25, 0.3) is 0 Å². The van der Waals surface area contributed by atoms with Crippen LogP contribution in [-0.2, 0) is 6.54 Å². The predicted molar refractivity (Wildman–Crippen MR) is 105 cm³/mol. The van der Waals surface area contributed by atoms with Crippen molar-refractivity contribution in [3.8, 4) is 0 Å². The number of nitrogens with zero attached hydrogens (tertiary/aromatic N) is 3. The summed E-state index contributed by atoms with van der Waals surface area (Å²) >= 11 is 0. The molecule has 28 heavy (non-hydrogen) atoms. The van der Waals surface area contributed by atoms with Crippen LogP contribution in [0.5, 0.6) is 0 Å². The minimum absolute atomic E-state index is 0.252. The second-order valence-corrected chi connectivity index (χ2v) is 6.66.